The summed E-state index contributed by atoms with van der Waals surface area (Å²) in [5.41, 5.74) is 1.18. The van der Waals surface area contributed by atoms with E-state index < -0.39 is 0 Å². The highest BCUT2D eigenvalue weighted by atomic mass is 16.5. The fourth-order valence-corrected chi connectivity index (χ4v) is 2.17. The summed E-state index contributed by atoms with van der Waals surface area (Å²) in [6.45, 7) is 2.00. The van der Waals surface area contributed by atoms with E-state index in [1.807, 2.05) is 0 Å². The quantitative estimate of drug-likeness (QED) is 0.857. The first kappa shape index (κ1) is 15.5. The molecule has 1 aliphatic rings. The molecule has 1 aromatic rings. The lowest BCUT2D eigenvalue weighted by molar-refractivity contribution is -0.117. The van der Waals surface area contributed by atoms with Gasteiger partial charge in [0.2, 0.25) is 5.91 Å². The summed E-state index contributed by atoms with van der Waals surface area (Å²) in [5.74, 6) is -0.180. The molecule has 114 valence electrons. The summed E-state index contributed by atoms with van der Waals surface area (Å²) in [7, 11) is 3.39. The van der Waals surface area contributed by atoms with Gasteiger partial charge in [-0.15, -0.1) is 0 Å². The Bertz CT molecular complexity index is 511. The van der Waals surface area contributed by atoms with E-state index in [-0.39, 0.29) is 17.9 Å². The average molecular weight is 291 g/mol. The number of hydrogen-bond acceptors (Lipinski definition) is 4. The van der Waals surface area contributed by atoms with Crippen LogP contribution in [0.3, 0.4) is 0 Å². The first-order valence-electron chi connectivity index (χ1n) is 6.99. The summed E-state index contributed by atoms with van der Waals surface area (Å²) < 4.78 is 5.32. The van der Waals surface area contributed by atoms with E-state index in [2.05, 4.69) is 10.6 Å². The third-order valence-corrected chi connectivity index (χ3v) is 3.23. The number of carbonyl (C=O) groups is 2. The highest BCUT2D eigenvalue weighted by Crippen LogP contribution is 2.13. The van der Waals surface area contributed by atoms with Crippen molar-refractivity contribution in [1.82, 2.24) is 10.2 Å². The summed E-state index contributed by atoms with van der Waals surface area (Å²) in [4.78, 5) is 25.4. The van der Waals surface area contributed by atoms with Crippen molar-refractivity contribution in [3.8, 4) is 0 Å². The predicted molar refractivity (Wildman–Crippen MR) is 80.3 cm³/mol. The first-order chi connectivity index (χ1) is 10.1. The highest BCUT2D eigenvalue weighted by molar-refractivity contribution is 5.97. The SMILES string of the molecule is CN(C)C(=O)c1cccc(NC(=O)CC2COCCN2)c1. The molecule has 1 fully saturated rings. The van der Waals surface area contributed by atoms with E-state index in [1.165, 1.54) is 4.90 Å². The molecule has 0 spiro atoms. The minimum atomic E-state index is -0.0903. The van der Waals surface area contributed by atoms with Crippen LogP contribution in [0.15, 0.2) is 24.3 Å². The molecular weight excluding hydrogens is 270 g/mol. The smallest absolute Gasteiger partial charge is 0.253 e. The Hall–Kier alpha value is -1.92. The number of benzene rings is 1. The zero-order chi connectivity index (χ0) is 15.2. The molecule has 2 N–H and O–H groups in total. The molecule has 1 saturated heterocycles. The Morgan fingerprint density at radius 2 is 2.24 bits per heavy atom. The van der Waals surface area contributed by atoms with Crippen LogP contribution in [0.5, 0.6) is 0 Å². The number of carbonyl (C=O) groups excluding carboxylic acids is 2. The van der Waals surface area contributed by atoms with Crippen molar-refractivity contribution in [3.63, 3.8) is 0 Å². The Kier molecular flexibility index (Phi) is 5.30. The van der Waals surface area contributed by atoms with E-state index in [0.717, 1.165) is 6.54 Å². The van der Waals surface area contributed by atoms with Crippen molar-refractivity contribution in [2.45, 2.75) is 12.5 Å². The van der Waals surface area contributed by atoms with Gasteiger partial charge in [-0.2, -0.15) is 0 Å². The molecule has 1 aromatic carbocycles. The maximum Gasteiger partial charge on any atom is 0.253 e. The lowest BCUT2D eigenvalue weighted by Gasteiger charge is -2.23. The lowest BCUT2D eigenvalue weighted by atomic mass is 10.1. The number of morpholine rings is 1. The van der Waals surface area contributed by atoms with E-state index in [1.54, 1.807) is 38.4 Å². The van der Waals surface area contributed by atoms with Crippen LogP contribution in [-0.2, 0) is 9.53 Å². The topological polar surface area (TPSA) is 70.7 Å². The standard InChI is InChI=1S/C15H21N3O3/c1-18(2)15(20)11-4-3-5-12(8-11)17-14(19)9-13-10-21-7-6-16-13/h3-5,8,13,16H,6-7,9-10H2,1-2H3,(H,17,19). The van der Waals surface area contributed by atoms with Crippen molar-refractivity contribution < 1.29 is 14.3 Å². The molecule has 1 aliphatic heterocycles. The number of hydrogen-bond donors (Lipinski definition) is 2. The van der Waals surface area contributed by atoms with Gasteiger partial charge in [-0.3, -0.25) is 9.59 Å². The van der Waals surface area contributed by atoms with Crippen LogP contribution in [0.4, 0.5) is 5.69 Å². The van der Waals surface area contributed by atoms with Crippen LogP contribution < -0.4 is 10.6 Å². The van der Waals surface area contributed by atoms with Crippen LogP contribution in [0.1, 0.15) is 16.8 Å². The number of nitrogens with one attached hydrogen (secondary N) is 2. The molecule has 0 radical (unpaired) electrons. The van der Waals surface area contributed by atoms with Gasteiger partial charge in [0.25, 0.3) is 5.91 Å². The number of rotatable bonds is 4. The van der Waals surface area contributed by atoms with Gasteiger partial charge in [-0.25, -0.2) is 0 Å². The molecule has 0 aromatic heterocycles. The van der Waals surface area contributed by atoms with Gasteiger partial charge in [0.15, 0.2) is 0 Å². The highest BCUT2D eigenvalue weighted by Gasteiger charge is 2.17. The van der Waals surface area contributed by atoms with Crippen LogP contribution in [0.2, 0.25) is 0 Å². The molecule has 21 heavy (non-hydrogen) atoms. The van der Waals surface area contributed by atoms with E-state index >= 15 is 0 Å². The summed E-state index contributed by atoms with van der Waals surface area (Å²) in [5, 5.41) is 6.05. The summed E-state index contributed by atoms with van der Waals surface area (Å²) in [6.07, 6.45) is 0.353. The van der Waals surface area contributed by atoms with Crippen molar-refractivity contribution in [2.75, 3.05) is 39.2 Å². The number of amides is 2. The first-order valence-corrected chi connectivity index (χ1v) is 6.99. The molecule has 2 amide bonds. The third kappa shape index (κ3) is 4.54. The predicted octanol–water partition coefficient (Wildman–Crippen LogP) is 0.705. The maximum atomic E-state index is 12.0. The lowest BCUT2D eigenvalue weighted by Crippen LogP contribution is -2.43. The molecule has 0 bridgehead atoms. The van der Waals surface area contributed by atoms with Gasteiger partial charge in [0.05, 0.1) is 13.2 Å². The summed E-state index contributed by atoms with van der Waals surface area (Å²) >= 11 is 0. The van der Waals surface area contributed by atoms with E-state index in [4.69, 9.17) is 4.74 Å². The number of ether oxygens (including phenoxy) is 1. The van der Waals surface area contributed by atoms with E-state index in [0.29, 0.717) is 30.9 Å². The number of anilines is 1. The molecule has 1 atom stereocenters. The fourth-order valence-electron chi connectivity index (χ4n) is 2.17. The van der Waals surface area contributed by atoms with Crippen molar-refractivity contribution in [3.05, 3.63) is 29.8 Å². The second-order valence-corrected chi connectivity index (χ2v) is 5.26. The van der Waals surface area contributed by atoms with Crippen LogP contribution in [-0.4, -0.2) is 56.6 Å². The average Bonchev–Trinajstić information content (AvgIpc) is 2.47. The largest absolute Gasteiger partial charge is 0.378 e. The van der Waals surface area contributed by atoms with Gasteiger partial charge in [-0.1, -0.05) is 6.07 Å². The fraction of sp³-hybridized carbons (Fsp3) is 0.467. The second-order valence-electron chi connectivity index (χ2n) is 5.26. The molecule has 2 rings (SSSR count). The molecule has 1 heterocycles. The van der Waals surface area contributed by atoms with Crippen molar-refractivity contribution in [1.29, 1.82) is 0 Å². The number of nitrogens with zero attached hydrogens (tertiary/aromatic N) is 1. The van der Waals surface area contributed by atoms with Gasteiger partial charge in [0.1, 0.15) is 0 Å². The van der Waals surface area contributed by atoms with Crippen LogP contribution in [0, 0.1) is 0 Å². The van der Waals surface area contributed by atoms with E-state index in [9.17, 15) is 9.59 Å². The maximum absolute atomic E-state index is 12.0. The minimum absolute atomic E-state index is 0.0466. The summed E-state index contributed by atoms with van der Waals surface area (Å²) in [6, 6.07) is 6.99. The molecule has 0 aliphatic carbocycles. The monoisotopic (exact) mass is 291 g/mol. The molecular formula is C15H21N3O3. The third-order valence-electron chi connectivity index (χ3n) is 3.23. The van der Waals surface area contributed by atoms with Crippen LogP contribution >= 0.6 is 0 Å². The Morgan fingerprint density at radius 1 is 1.43 bits per heavy atom. The molecule has 1 unspecified atom stereocenters. The van der Waals surface area contributed by atoms with Gasteiger partial charge < -0.3 is 20.3 Å². The molecule has 6 nitrogen and oxygen atoms in total. The Labute approximate surface area is 124 Å². The van der Waals surface area contributed by atoms with Crippen molar-refractivity contribution >= 4 is 17.5 Å². The zero-order valence-electron chi connectivity index (χ0n) is 12.4. The molecule has 6 heteroatoms. The molecule has 0 saturated carbocycles. The normalized spacial score (nSPS) is 18.1. The second kappa shape index (κ2) is 7.19. The minimum Gasteiger partial charge on any atom is -0.378 e. The Morgan fingerprint density at radius 3 is 2.90 bits per heavy atom. The van der Waals surface area contributed by atoms with Gasteiger partial charge >= 0.3 is 0 Å². The van der Waals surface area contributed by atoms with Crippen molar-refractivity contribution in [2.24, 2.45) is 0 Å². The van der Waals surface area contributed by atoms with Gasteiger partial charge in [-0.05, 0) is 18.2 Å². The zero-order valence-corrected chi connectivity index (χ0v) is 12.4. The Balaban J connectivity index is 1.94. The van der Waals surface area contributed by atoms with Crippen LogP contribution in [0.25, 0.3) is 0 Å². The van der Waals surface area contributed by atoms with Gasteiger partial charge in [0, 0.05) is 44.4 Å².